The standard InChI is InChI=1S/C18H27N3O/c1-14-6-10-20(11-7-14)17-5-3-4-16(19-17)18(22)21-12-8-15(2)9-13-21/h3-5,14-15H,6-13H2,1-2H3. The highest BCUT2D eigenvalue weighted by atomic mass is 16.2. The monoisotopic (exact) mass is 301 g/mol. The van der Waals surface area contributed by atoms with Crippen molar-refractivity contribution in [3.63, 3.8) is 0 Å². The van der Waals surface area contributed by atoms with E-state index < -0.39 is 0 Å². The van der Waals surface area contributed by atoms with Crippen LogP contribution in [-0.2, 0) is 0 Å². The predicted molar refractivity (Wildman–Crippen MR) is 89.1 cm³/mol. The van der Waals surface area contributed by atoms with Crippen molar-refractivity contribution in [2.24, 2.45) is 11.8 Å². The van der Waals surface area contributed by atoms with Crippen molar-refractivity contribution >= 4 is 11.7 Å². The van der Waals surface area contributed by atoms with Crippen LogP contribution < -0.4 is 4.90 Å². The first kappa shape index (κ1) is 15.3. The predicted octanol–water partition coefficient (Wildman–Crippen LogP) is 3.19. The van der Waals surface area contributed by atoms with Gasteiger partial charge in [-0.1, -0.05) is 19.9 Å². The minimum absolute atomic E-state index is 0.0964. The molecule has 3 heterocycles. The average molecular weight is 301 g/mol. The topological polar surface area (TPSA) is 36.4 Å². The molecule has 0 unspecified atom stereocenters. The van der Waals surface area contributed by atoms with Crippen LogP contribution in [0.2, 0.25) is 0 Å². The second-order valence-corrected chi connectivity index (χ2v) is 7.03. The minimum Gasteiger partial charge on any atom is -0.357 e. The van der Waals surface area contributed by atoms with Crippen LogP contribution in [-0.4, -0.2) is 42.0 Å². The van der Waals surface area contributed by atoms with Crippen LogP contribution in [0.4, 0.5) is 5.82 Å². The Bertz CT molecular complexity index is 515. The third-order valence-electron chi connectivity index (χ3n) is 5.13. The van der Waals surface area contributed by atoms with Crippen LogP contribution in [0.3, 0.4) is 0 Å². The van der Waals surface area contributed by atoms with Gasteiger partial charge in [-0.15, -0.1) is 0 Å². The van der Waals surface area contributed by atoms with Gasteiger partial charge >= 0.3 is 0 Å². The summed E-state index contributed by atoms with van der Waals surface area (Å²) in [6.45, 7) is 8.40. The van der Waals surface area contributed by atoms with Gasteiger partial charge in [-0.25, -0.2) is 4.98 Å². The number of likely N-dealkylation sites (tertiary alicyclic amines) is 1. The molecule has 0 bridgehead atoms. The van der Waals surface area contributed by atoms with Crippen molar-refractivity contribution in [3.05, 3.63) is 23.9 Å². The third-order valence-corrected chi connectivity index (χ3v) is 5.13. The fourth-order valence-electron chi connectivity index (χ4n) is 3.33. The van der Waals surface area contributed by atoms with Crippen LogP contribution in [0.5, 0.6) is 0 Å². The van der Waals surface area contributed by atoms with Crippen molar-refractivity contribution in [1.82, 2.24) is 9.88 Å². The Morgan fingerprint density at radius 1 is 1.00 bits per heavy atom. The second-order valence-electron chi connectivity index (χ2n) is 7.03. The van der Waals surface area contributed by atoms with Crippen LogP contribution in [0.25, 0.3) is 0 Å². The van der Waals surface area contributed by atoms with Gasteiger partial charge in [0.15, 0.2) is 0 Å². The van der Waals surface area contributed by atoms with E-state index in [4.69, 9.17) is 0 Å². The molecule has 0 saturated carbocycles. The molecule has 22 heavy (non-hydrogen) atoms. The van der Waals surface area contributed by atoms with Gasteiger partial charge in [-0.3, -0.25) is 4.79 Å². The normalized spacial score (nSPS) is 21.2. The molecule has 0 spiro atoms. The molecule has 4 heteroatoms. The van der Waals surface area contributed by atoms with Crippen LogP contribution in [0.1, 0.15) is 50.0 Å². The lowest BCUT2D eigenvalue weighted by Crippen LogP contribution is -2.38. The van der Waals surface area contributed by atoms with Crippen molar-refractivity contribution in [3.8, 4) is 0 Å². The first-order chi connectivity index (χ1) is 10.6. The molecule has 2 aliphatic heterocycles. The van der Waals surface area contributed by atoms with Gasteiger partial charge in [0.2, 0.25) is 0 Å². The fourth-order valence-corrected chi connectivity index (χ4v) is 3.33. The number of carbonyl (C=O) groups is 1. The van der Waals surface area contributed by atoms with E-state index in [9.17, 15) is 4.79 Å². The Hall–Kier alpha value is -1.58. The Morgan fingerprint density at radius 2 is 1.59 bits per heavy atom. The van der Waals surface area contributed by atoms with Gasteiger partial charge in [0.05, 0.1) is 0 Å². The molecule has 120 valence electrons. The molecular formula is C18H27N3O. The zero-order valence-electron chi connectivity index (χ0n) is 13.8. The van der Waals surface area contributed by atoms with Crippen LogP contribution in [0.15, 0.2) is 18.2 Å². The Kier molecular flexibility index (Phi) is 4.65. The largest absolute Gasteiger partial charge is 0.357 e. The van der Waals surface area contributed by atoms with E-state index in [2.05, 4.69) is 23.7 Å². The lowest BCUT2D eigenvalue weighted by molar-refractivity contribution is 0.0691. The van der Waals surface area contributed by atoms with Gasteiger partial charge in [-0.05, 0) is 49.7 Å². The molecule has 1 amide bonds. The Morgan fingerprint density at radius 3 is 2.23 bits per heavy atom. The molecule has 2 aliphatic rings. The van der Waals surface area contributed by atoms with Gasteiger partial charge in [-0.2, -0.15) is 0 Å². The number of aromatic nitrogens is 1. The summed E-state index contributed by atoms with van der Waals surface area (Å²) in [5.41, 5.74) is 0.602. The SMILES string of the molecule is CC1CCN(C(=O)c2cccc(N3CCC(C)CC3)n2)CC1. The molecule has 0 radical (unpaired) electrons. The van der Waals surface area contributed by atoms with E-state index >= 15 is 0 Å². The van der Waals surface area contributed by atoms with Crippen molar-refractivity contribution in [2.75, 3.05) is 31.1 Å². The summed E-state index contributed by atoms with van der Waals surface area (Å²) in [6.07, 6.45) is 4.64. The second kappa shape index (κ2) is 6.67. The molecule has 2 fully saturated rings. The number of pyridine rings is 1. The van der Waals surface area contributed by atoms with Gasteiger partial charge in [0, 0.05) is 26.2 Å². The average Bonchev–Trinajstić information content (AvgIpc) is 2.56. The third kappa shape index (κ3) is 3.42. The minimum atomic E-state index is 0.0964. The van der Waals surface area contributed by atoms with Crippen LogP contribution in [0, 0.1) is 11.8 Å². The number of anilines is 1. The fraction of sp³-hybridized carbons (Fsp3) is 0.667. The van der Waals surface area contributed by atoms with E-state index in [0.717, 1.165) is 56.7 Å². The molecule has 1 aromatic rings. The number of hydrogen-bond acceptors (Lipinski definition) is 3. The molecule has 2 saturated heterocycles. The van der Waals surface area contributed by atoms with Gasteiger partial charge in [0.25, 0.3) is 5.91 Å². The first-order valence-corrected chi connectivity index (χ1v) is 8.65. The summed E-state index contributed by atoms with van der Waals surface area (Å²) in [6, 6.07) is 5.86. The molecule has 0 N–H and O–H groups in total. The molecule has 0 aromatic carbocycles. The summed E-state index contributed by atoms with van der Waals surface area (Å²) in [4.78, 5) is 21.6. The van der Waals surface area contributed by atoms with E-state index in [1.165, 1.54) is 12.8 Å². The number of rotatable bonds is 2. The number of piperidine rings is 2. The van der Waals surface area contributed by atoms with E-state index in [1.54, 1.807) is 0 Å². The number of amides is 1. The van der Waals surface area contributed by atoms with Crippen molar-refractivity contribution < 1.29 is 4.79 Å². The maximum atomic E-state index is 12.6. The lowest BCUT2D eigenvalue weighted by atomic mass is 9.99. The summed E-state index contributed by atoms with van der Waals surface area (Å²) >= 11 is 0. The Balaban J connectivity index is 1.69. The Labute approximate surface area is 133 Å². The van der Waals surface area contributed by atoms with Gasteiger partial charge in [0.1, 0.15) is 11.5 Å². The van der Waals surface area contributed by atoms with Gasteiger partial charge < -0.3 is 9.80 Å². The highest BCUT2D eigenvalue weighted by Gasteiger charge is 2.23. The van der Waals surface area contributed by atoms with E-state index in [1.807, 2.05) is 23.1 Å². The molecule has 3 rings (SSSR count). The number of hydrogen-bond donors (Lipinski definition) is 0. The first-order valence-electron chi connectivity index (χ1n) is 8.65. The number of nitrogens with zero attached hydrogens (tertiary/aromatic N) is 3. The molecule has 0 atom stereocenters. The highest BCUT2D eigenvalue weighted by Crippen LogP contribution is 2.22. The van der Waals surface area contributed by atoms with Crippen LogP contribution >= 0.6 is 0 Å². The summed E-state index contributed by atoms with van der Waals surface area (Å²) in [5.74, 6) is 2.59. The molecule has 0 aliphatic carbocycles. The summed E-state index contributed by atoms with van der Waals surface area (Å²) < 4.78 is 0. The lowest BCUT2D eigenvalue weighted by Gasteiger charge is -2.32. The maximum absolute atomic E-state index is 12.6. The highest BCUT2D eigenvalue weighted by molar-refractivity contribution is 5.92. The molecule has 4 nitrogen and oxygen atoms in total. The van der Waals surface area contributed by atoms with Crippen molar-refractivity contribution in [1.29, 1.82) is 0 Å². The number of carbonyl (C=O) groups excluding carboxylic acids is 1. The molecular weight excluding hydrogens is 274 g/mol. The summed E-state index contributed by atoms with van der Waals surface area (Å²) in [7, 11) is 0. The zero-order chi connectivity index (χ0) is 15.5. The van der Waals surface area contributed by atoms with E-state index in [-0.39, 0.29) is 5.91 Å². The van der Waals surface area contributed by atoms with Crippen molar-refractivity contribution in [2.45, 2.75) is 39.5 Å². The van der Waals surface area contributed by atoms with E-state index in [0.29, 0.717) is 5.69 Å². The summed E-state index contributed by atoms with van der Waals surface area (Å²) in [5, 5.41) is 0. The maximum Gasteiger partial charge on any atom is 0.272 e. The molecule has 1 aromatic heterocycles. The quantitative estimate of drug-likeness (QED) is 0.841. The smallest absolute Gasteiger partial charge is 0.272 e. The zero-order valence-corrected chi connectivity index (χ0v) is 13.8.